The van der Waals surface area contributed by atoms with Gasteiger partial charge < -0.3 is 4.90 Å². The Balaban J connectivity index is 1.69. The molecular formula is C32H35Cl2N3O3S. The van der Waals surface area contributed by atoms with Crippen molar-refractivity contribution < 1.29 is 13.2 Å². The average molecular weight is 613 g/mol. The summed E-state index contributed by atoms with van der Waals surface area (Å²) in [6, 6.07) is 18.2. The number of anilines is 1. The molecule has 0 bridgehead atoms. The van der Waals surface area contributed by atoms with Crippen molar-refractivity contribution in [2.45, 2.75) is 50.6 Å². The molecule has 1 saturated heterocycles. The minimum absolute atomic E-state index is 0.00663. The van der Waals surface area contributed by atoms with Crippen molar-refractivity contribution in [2.24, 2.45) is 11.3 Å². The first-order valence-corrected chi connectivity index (χ1v) is 16.4. The molecule has 3 aromatic rings. The Kier molecular flexibility index (Phi) is 8.51. The number of halogens is 2. The molecule has 4 atom stereocenters. The number of hydrogen-bond donors (Lipinski definition) is 0. The molecule has 1 saturated carbocycles. The van der Waals surface area contributed by atoms with Gasteiger partial charge in [-0.25, -0.2) is 8.42 Å². The van der Waals surface area contributed by atoms with Gasteiger partial charge in [-0.15, -0.1) is 6.58 Å². The molecule has 1 aromatic heterocycles. The summed E-state index contributed by atoms with van der Waals surface area (Å²) in [6.45, 7) is 6.11. The van der Waals surface area contributed by atoms with Crippen LogP contribution in [0.1, 0.15) is 55.7 Å². The number of aromatic nitrogens is 1. The number of piperidine rings is 1. The molecule has 9 heteroatoms. The third-order valence-electron chi connectivity index (χ3n) is 8.40. The Morgan fingerprint density at radius 3 is 2.41 bits per heavy atom. The van der Waals surface area contributed by atoms with Gasteiger partial charge in [0, 0.05) is 22.2 Å². The summed E-state index contributed by atoms with van der Waals surface area (Å²) in [7, 11) is -3.67. The van der Waals surface area contributed by atoms with Crippen LogP contribution in [0.2, 0.25) is 10.0 Å². The van der Waals surface area contributed by atoms with Gasteiger partial charge in [-0.3, -0.25) is 14.1 Å². The van der Waals surface area contributed by atoms with Crippen LogP contribution in [0.15, 0.2) is 85.7 Å². The number of benzene rings is 2. The number of hydrogen-bond acceptors (Lipinski definition) is 4. The summed E-state index contributed by atoms with van der Waals surface area (Å²) in [4.78, 5) is 20.9. The molecule has 2 aromatic carbocycles. The van der Waals surface area contributed by atoms with Crippen LogP contribution in [0.5, 0.6) is 0 Å². The zero-order valence-electron chi connectivity index (χ0n) is 23.3. The molecule has 1 aliphatic heterocycles. The molecular weight excluding hydrogens is 577 g/mol. The van der Waals surface area contributed by atoms with Crippen molar-refractivity contribution in [3.05, 3.63) is 107 Å². The monoisotopic (exact) mass is 611 g/mol. The fourth-order valence-electron chi connectivity index (χ4n) is 6.30. The molecule has 41 heavy (non-hydrogen) atoms. The SMILES string of the molecule is C=CC[C@@]1(C)C[C@H](c2cccc(Cl)c2)C(c2ccc(Cl)cc2)N([C@H](CN(c2cccnc2)S(C)(=O)=O)C2CC2)C1=O. The van der Waals surface area contributed by atoms with E-state index < -0.39 is 15.4 Å². The second-order valence-corrected chi connectivity index (χ2v) is 14.3. The lowest BCUT2D eigenvalue weighted by Crippen LogP contribution is -2.59. The number of nitrogens with zero attached hydrogens (tertiary/aromatic N) is 3. The predicted molar refractivity (Wildman–Crippen MR) is 166 cm³/mol. The Morgan fingerprint density at radius 2 is 1.83 bits per heavy atom. The van der Waals surface area contributed by atoms with E-state index in [0.717, 1.165) is 24.0 Å². The number of allylic oxidation sites excluding steroid dienone is 1. The van der Waals surface area contributed by atoms with E-state index in [2.05, 4.69) is 17.6 Å². The standard InChI is InChI=1S/C32H35Cl2N3O3S/c1-4-16-32(2)19-28(24-7-5-8-26(34)18-24)30(23-12-14-25(33)15-13-23)37(31(32)38)29(22-10-11-22)21-36(41(3,39)40)27-9-6-17-35-20-27/h4-9,12-15,17-18,20,22,28-30H,1,10-11,16,19,21H2,2-3H3/t28-,29-,30?,32+/m1/s1. The number of pyridine rings is 1. The lowest BCUT2D eigenvalue weighted by atomic mass is 9.67. The quantitative estimate of drug-likeness (QED) is 0.226. The fraction of sp³-hybridized carbons (Fsp3) is 0.375. The minimum Gasteiger partial charge on any atom is -0.329 e. The van der Waals surface area contributed by atoms with Crippen LogP contribution in [-0.4, -0.2) is 43.1 Å². The van der Waals surface area contributed by atoms with E-state index in [0.29, 0.717) is 28.6 Å². The summed E-state index contributed by atoms with van der Waals surface area (Å²) in [5.74, 6) is 0.0804. The van der Waals surface area contributed by atoms with Gasteiger partial charge in [0.1, 0.15) is 0 Å². The molecule has 5 rings (SSSR count). The maximum absolute atomic E-state index is 14.7. The molecule has 6 nitrogen and oxygen atoms in total. The van der Waals surface area contributed by atoms with Crippen molar-refractivity contribution in [3.8, 4) is 0 Å². The van der Waals surface area contributed by atoms with E-state index in [1.807, 2.05) is 54.3 Å². The van der Waals surface area contributed by atoms with E-state index in [9.17, 15) is 13.2 Å². The zero-order valence-corrected chi connectivity index (χ0v) is 25.6. The maximum atomic E-state index is 14.7. The zero-order chi connectivity index (χ0) is 29.4. The highest BCUT2D eigenvalue weighted by Gasteiger charge is 2.54. The molecule has 1 aliphatic carbocycles. The van der Waals surface area contributed by atoms with Crippen molar-refractivity contribution in [1.29, 1.82) is 0 Å². The van der Waals surface area contributed by atoms with Crippen LogP contribution in [-0.2, 0) is 14.8 Å². The highest BCUT2D eigenvalue weighted by molar-refractivity contribution is 7.92. The van der Waals surface area contributed by atoms with Crippen molar-refractivity contribution in [1.82, 2.24) is 9.88 Å². The molecule has 2 aliphatic rings. The highest BCUT2D eigenvalue weighted by Crippen LogP contribution is 2.54. The molecule has 1 unspecified atom stereocenters. The molecule has 0 N–H and O–H groups in total. The van der Waals surface area contributed by atoms with Crippen LogP contribution in [0, 0.1) is 11.3 Å². The largest absolute Gasteiger partial charge is 0.329 e. The third-order valence-corrected chi connectivity index (χ3v) is 10.0. The predicted octanol–water partition coefficient (Wildman–Crippen LogP) is 7.27. The van der Waals surface area contributed by atoms with Crippen molar-refractivity contribution >= 4 is 44.8 Å². The second kappa shape index (κ2) is 11.8. The molecule has 0 radical (unpaired) electrons. The molecule has 216 valence electrons. The van der Waals surface area contributed by atoms with E-state index >= 15 is 0 Å². The number of carbonyl (C=O) groups excluding carboxylic acids is 1. The van der Waals surface area contributed by atoms with Gasteiger partial charge in [0.2, 0.25) is 15.9 Å². The minimum atomic E-state index is -3.67. The Bertz CT molecular complexity index is 1510. The normalized spacial score (nSPS) is 23.7. The van der Waals surface area contributed by atoms with Gasteiger partial charge in [-0.1, -0.05) is 60.5 Å². The van der Waals surface area contributed by atoms with Crippen LogP contribution in [0.4, 0.5) is 5.69 Å². The summed E-state index contributed by atoms with van der Waals surface area (Å²) in [5, 5.41) is 1.24. The van der Waals surface area contributed by atoms with E-state index in [1.165, 1.54) is 10.6 Å². The van der Waals surface area contributed by atoms with Gasteiger partial charge >= 0.3 is 0 Å². The summed E-state index contributed by atoms with van der Waals surface area (Å²) in [6.07, 6.45) is 9.12. The first-order chi connectivity index (χ1) is 19.5. The Morgan fingerprint density at radius 1 is 1.10 bits per heavy atom. The topological polar surface area (TPSA) is 70.6 Å². The lowest BCUT2D eigenvalue weighted by Gasteiger charge is -2.52. The Hall–Kier alpha value is -2.87. The molecule has 1 amide bonds. The van der Waals surface area contributed by atoms with Gasteiger partial charge in [-0.2, -0.15) is 0 Å². The van der Waals surface area contributed by atoms with Crippen molar-refractivity contribution in [3.63, 3.8) is 0 Å². The first kappa shape index (κ1) is 29.6. The first-order valence-electron chi connectivity index (χ1n) is 13.8. The maximum Gasteiger partial charge on any atom is 0.232 e. The second-order valence-electron chi connectivity index (χ2n) is 11.5. The van der Waals surface area contributed by atoms with Crippen molar-refractivity contribution in [2.75, 3.05) is 17.1 Å². The van der Waals surface area contributed by atoms with Crippen LogP contribution < -0.4 is 4.31 Å². The third kappa shape index (κ3) is 6.32. The lowest BCUT2D eigenvalue weighted by molar-refractivity contribution is -0.154. The van der Waals surface area contributed by atoms with Gasteiger partial charge in [0.25, 0.3) is 0 Å². The van der Waals surface area contributed by atoms with Gasteiger partial charge in [0.15, 0.2) is 0 Å². The number of rotatable bonds is 10. The van der Waals surface area contributed by atoms with Gasteiger partial charge in [-0.05, 0) is 79.1 Å². The van der Waals surface area contributed by atoms with E-state index in [4.69, 9.17) is 23.2 Å². The number of sulfonamides is 1. The Labute approximate surface area is 253 Å². The number of likely N-dealkylation sites (tertiary alicyclic amines) is 1. The van der Waals surface area contributed by atoms with E-state index in [1.54, 1.807) is 30.6 Å². The smallest absolute Gasteiger partial charge is 0.232 e. The fourth-order valence-corrected chi connectivity index (χ4v) is 7.54. The van der Waals surface area contributed by atoms with E-state index in [-0.39, 0.29) is 36.4 Å². The van der Waals surface area contributed by atoms with Crippen LogP contribution in [0.3, 0.4) is 0 Å². The summed E-state index contributed by atoms with van der Waals surface area (Å²) < 4.78 is 27.7. The number of carbonyl (C=O) groups is 1. The molecule has 2 fully saturated rings. The molecule has 0 spiro atoms. The van der Waals surface area contributed by atoms with Crippen LogP contribution >= 0.6 is 23.2 Å². The molecule has 2 heterocycles. The summed E-state index contributed by atoms with van der Waals surface area (Å²) >= 11 is 12.8. The average Bonchev–Trinajstić information content (AvgIpc) is 3.77. The number of amides is 1. The summed E-state index contributed by atoms with van der Waals surface area (Å²) in [5.41, 5.74) is 1.74. The van der Waals surface area contributed by atoms with Gasteiger partial charge in [0.05, 0.1) is 42.2 Å². The van der Waals surface area contributed by atoms with Crippen LogP contribution in [0.25, 0.3) is 0 Å². The highest BCUT2D eigenvalue weighted by atomic mass is 35.5.